The van der Waals surface area contributed by atoms with E-state index in [0.29, 0.717) is 18.3 Å². The number of ether oxygens (including phenoxy) is 1. The molecular weight excluding hydrogens is 230 g/mol. The van der Waals surface area contributed by atoms with Crippen LogP contribution in [0.4, 0.5) is 0 Å². The Labute approximate surface area is 98.1 Å². The van der Waals surface area contributed by atoms with Crippen molar-refractivity contribution in [1.29, 1.82) is 0 Å². The van der Waals surface area contributed by atoms with Gasteiger partial charge in [-0.3, -0.25) is 4.79 Å². The number of hydrogen-bond donors (Lipinski definition) is 0. The van der Waals surface area contributed by atoms with Crippen LogP contribution in [0.5, 0.6) is 0 Å². The summed E-state index contributed by atoms with van der Waals surface area (Å²) >= 11 is 0. The number of nitrogens with zero attached hydrogens (tertiary/aromatic N) is 1. The van der Waals surface area contributed by atoms with Gasteiger partial charge in [-0.15, -0.1) is 0 Å². The molecule has 0 N–H and O–H groups in total. The van der Waals surface area contributed by atoms with E-state index in [9.17, 15) is 4.79 Å². The summed E-state index contributed by atoms with van der Waals surface area (Å²) in [6.45, 7) is 2.80. The van der Waals surface area contributed by atoms with E-state index >= 15 is 0 Å². The highest BCUT2D eigenvalue weighted by molar-refractivity contribution is 8.83. The van der Waals surface area contributed by atoms with Crippen molar-refractivity contribution < 1.29 is 9.53 Å². The molecule has 5 heteroatoms. The standard InChI is InChI=1S/C10H15NO2S2/c1-2-3-4-7-13-10-11-9(12)6-5-8-14-15-10/h5,8H,2-4,6-7H2,1H3/b8-5-,11-10?. The van der Waals surface area contributed by atoms with Gasteiger partial charge in [0.05, 0.1) is 6.61 Å². The van der Waals surface area contributed by atoms with E-state index in [0.717, 1.165) is 12.8 Å². The first-order chi connectivity index (χ1) is 7.33. The zero-order chi connectivity index (χ0) is 10.9. The Hall–Kier alpha value is -0.420. The first kappa shape index (κ1) is 12.6. The molecule has 0 aromatic heterocycles. The van der Waals surface area contributed by atoms with Crippen molar-refractivity contribution in [1.82, 2.24) is 0 Å². The van der Waals surface area contributed by atoms with Crippen molar-refractivity contribution >= 4 is 32.7 Å². The molecule has 0 aliphatic carbocycles. The average Bonchev–Trinajstić information content (AvgIpc) is 2.19. The molecule has 0 bridgehead atoms. The van der Waals surface area contributed by atoms with E-state index in [1.807, 2.05) is 11.5 Å². The molecule has 1 amide bonds. The predicted octanol–water partition coefficient (Wildman–Crippen LogP) is 3.37. The third-order valence-corrected chi connectivity index (χ3v) is 3.55. The number of carbonyl (C=O) groups excluding carboxylic acids is 1. The van der Waals surface area contributed by atoms with Crippen LogP contribution in [-0.2, 0) is 9.53 Å². The second-order valence-electron chi connectivity index (χ2n) is 3.08. The first-order valence-electron chi connectivity index (χ1n) is 5.05. The van der Waals surface area contributed by atoms with Gasteiger partial charge in [-0.2, -0.15) is 4.99 Å². The minimum Gasteiger partial charge on any atom is -0.472 e. The Morgan fingerprint density at radius 1 is 1.53 bits per heavy atom. The van der Waals surface area contributed by atoms with Gasteiger partial charge >= 0.3 is 0 Å². The molecule has 0 atom stereocenters. The predicted molar refractivity (Wildman–Crippen MR) is 66.9 cm³/mol. The van der Waals surface area contributed by atoms with Gasteiger partial charge in [0.1, 0.15) is 0 Å². The molecule has 1 aliphatic heterocycles. The molecule has 0 aromatic carbocycles. The third kappa shape index (κ3) is 5.89. The summed E-state index contributed by atoms with van der Waals surface area (Å²) in [6, 6.07) is 0. The fourth-order valence-corrected chi connectivity index (χ4v) is 2.48. The van der Waals surface area contributed by atoms with E-state index in [1.54, 1.807) is 0 Å². The van der Waals surface area contributed by atoms with Crippen molar-refractivity contribution in [3.63, 3.8) is 0 Å². The van der Waals surface area contributed by atoms with Crippen molar-refractivity contribution in [2.75, 3.05) is 6.61 Å². The second kappa shape index (κ2) is 7.82. The van der Waals surface area contributed by atoms with Crippen molar-refractivity contribution in [2.24, 2.45) is 4.99 Å². The molecular formula is C10H15NO2S2. The number of amides is 1. The van der Waals surface area contributed by atoms with Gasteiger partial charge < -0.3 is 4.74 Å². The molecule has 0 radical (unpaired) electrons. The smallest absolute Gasteiger partial charge is 0.264 e. The molecule has 3 nitrogen and oxygen atoms in total. The van der Waals surface area contributed by atoms with Crippen LogP contribution < -0.4 is 0 Å². The van der Waals surface area contributed by atoms with E-state index in [1.165, 1.54) is 28.0 Å². The molecule has 0 unspecified atom stereocenters. The molecule has 0 saturated heterocycles. The summed E-state index contributed by atoms with van der Waals surface area (Å²) in [5, 5.41) is 2.39. The fourth-order valence-electron chi connectivity index (χ4n) is 0.991. The van der Waals surface area contributed by atoms with Gasteiger partial charge in [0.15, 0.2) is 0 Å². The zero-order valence-electron chi connectivity index (χ0n) is 8.77. The Kier molecular flexibility index (Phi) is 6.59. The number of unbranched alkanes of at least 4 members (excludes halogenated alkanes) is 2. The first-order valence-corrected chi connectivity index (χ1v) is 7.27. The maximum atomic E-state index is 11.2. The minimum atomic E-state index is -0.135. The highest BCUT2D eigenvalue weighted by atomic mass is 33.1. The topological polar surface area (TPSA) is 38.7 Å². The van der Waals surface area contributed by atoms with Crippen molar-refractivity contribution in [3.05, 3.63) is 11.5 Å². The molecule has 15 heavy (non-hydrogen) atoms. The van der Waals surface area contributed by atoms with Crippen LogP contribution in [0.3, 0.4) is 0 Å². The van der Waals surface area contributed by atoms with Gasteiger partial charge in [0.25, 0.3) is 11.1 Å². The lowest BCUT2D eigenvalue weighted by atomic mass is 10.3. The molecule has 0 saturated carbocycles. The molecule has 0 aromatic rings. The number of hydrogen-bond acceptors (Lipinski definition) is 4. The largest absolute Gasteiger partial charge is 0.472 e. The molecule has 1 heterocycles. The lowest BCUT2D eigenvalue weighted by molar-refractivity contribution is -0.117. The van der Waals surface area contributed by atoms with E-state index in [-0.39, 0.29) is 5.91 Å². The van der Waals surface area contributed by atoms with E-state index in [4.69, 9.17) is 4.74 Å². The lowest BCUT2D eigenvalue weighted by Gasteiger charge is -2.07. The van der Waals surface area contributed by atoms with Crippen LogP contribution in [0, 0.1) is 0 Å². The van der Waals surface area contributed by atoms with Crippen LogP contribution in [0.1, 0.15) is 32.6 Å². The van der Waals surface area contributed by atoms with Gasteiger partial charge in [0.2, 0.25) is 0 Å². The van der Waals surface area contributed by atoms with E-state index in [2.05, 4.69) is 11.9 Å². The number of carbonyl (C=O) groups is 1. The summed E-state index contributed by atoms with van der Waals surface area (Å²) in [6.07, 6.45) is 5.52. The van der Waals surface area contributed by atoms with Crippen LogP contribution in [0.2, 0.25) is 0 Å². The lowest BCUT2D eigenvalue weighted by Crippen LogP contribution is -2.05. The molecule has 84 valence electrons. The average molecular weight is 245 g/mol. The van der Waals surface area contributed by atoms with Crippen LogP contribution in [0.15, 0.2) is 16.5 Å². The minimum absolute atomic E-state index is 0.135. The highest BCUT2D eigenvalue weighted by Gasteiger charge is 2.07. The summed E-state index contributed by atoms with van der Waals surface area (Å²) in [5.41, 5.74) is 0. The molecule has 0 fully saturated rings. The van der Waals surface area contributed by atoms with Crippen LogP contribution in [0.25, 0.3) is 0 Å². The van der Waals surface area contributed by atoms with Gasteiger partial charge in [-0.05, 0) is 11.8 Å². The molecule has 1 aliphatic rings. The summed E-state index contributed by atoms with van der Waals surface area (Å²) in [4.78, 5) is 15.1. The van der Waals surface area contributed by atoms with Crippen molar-refractivity contribution in [3.8, 4) is 0 Å². The Morgan fingerprint density at radius 2 is 2.40 bits per heavy atom. The molecule has 1 rings (SSSR count). The zero-order valence-corrected chi connectivity index (χ0v) is 10.4. The Balaban J connectivity index is 2.31. The number of aliphatic imine (C=N–C) groups is 1. The molecule has 0 spiro atoms. The Morgan fingerprint density at radius 3 is 3.20 bits per heavy atom. The Bertz CT molecular complexity index is 264. The van der Waals surface area contributed by atoms with Gasteiger partial charge in [-0.25, -0.2) is 0 Å². The second-order valence-corrected chi connectivity index (χ2v) is 5.14. The summed E-state index contributed by atoms with van der Waals surface area (Å²) < 4.78 is 5.43. The normalized spacial score (nSPS) is 19.0. The van der Waals surface area contributed by atoms with Gasteiger partial charge in [-0.1, -0.05) is 36.6 Å². The summed E-state index contributed by atoms with van der Waals surface area (Å²) in [7, 11) is 2.93. The quantitative estimate of drug-likeness (QED) is 0.562. The number of rotatable bonds is 4. The van der Waals surface area contributed by atoms with Gasteiger partial charge in [0, 0.05) is 17.2 Å². The summed E-state index contributed by atoms with van der Waals surface area (Å²) in [5.74, 6) is -0.135. The van der Waals surface area contributed by atoms with Crippen LogP contribution >= 0.6 is 21.6 Å². The highest BCUT2D eigenvalue weighted by Crippen LogP contribution is 2.26. The van der Waals surface area contributed by atoms with Crippen molar-refractivity contribution in [2.45, 2.75) is 32.6 Å². The fraction of sp³-hybridized carbons (Fsp3) is 0.600. The van der Waals surface area contributed by atoms with E-state index < -0.39 is 0 Å². The maximum Gasteiger partial charge on any atom is 0.264 e. The monoisotopic (exact) mass is 245 g/mol. The van der Waals surface area contributed by atoms with Crippen LogP contribution in [-0.4, -0.2) is 17.7 Å². The maximum absolute atomic E-state index is 11.2. The third-order valence-electron chi connectivity index (χ3n) is 1.75. The SMILES string of the molecule is CCCCCOC1=NC(=O)C/C=C\SS1.